The third-order valence-electron chi connectivity index (χ3n) is 4.74. The summed E-state index contributed by atoms with van der Waals surface area (Å²) in [6.45, 7) is 11.6. The zero-order valence-electron chi connectivity index (χ0n) is 17.9. The number of aliphatic imine (C=N–C) groups is 1. The third-order valence-corrected chi connectivity index (χ3v) is 4.74. The fourth-order valence-corrected chi connectivity index (χ4v) is 3.16. The molecule has 1 aromatic heterocycles. The quantitative estimate of drug-likeness (QED) is 0.209. The van der Waals surface area contributed by atoms with E-state index in [1.165, 1.54) is 25.1 Å². The van der Waals surface area contributed by atoms with Gasteiger partial charge in [-0.15, -0.1) is 34.2 Å². The van der Waals surface area contributed by atoms with Crippen LogP contribution >= 0.6 is 24.0 Å². The first-order chi connectivity index (χ1) is 13.2. The van der Waals surface area contributed by atoms with E-state index in [9.17, 15) is 0 Å². The van der Waals surface area contributed by atoms with E-state index in [0.29, 0.717) is 12.5 Å². The predicted molar refractivity (Wildman–Crippen MR) is 126 cm³/mol. The highest BCUT2D eigenvalue weighted by molar-refractivity contribution is 14.0. The van der Waals surface area contributed by atoms with E-state index in [1.807, 2.05) is 0 Å². The summed E-state index contributed by atoms with van der Waals surface area (Å²) in [4.78, 5) is 4.67. The molecule has 0 radical (unpaired) electrons. The molecule has 7 nitrogen and oxygen atoms in total. The van der Waals surface area contributed by atoms with Crippen LogP contribution in [0.4, 0.5) is 0 Å². The standard InChI is InChI=1S/C20H38N6O.HI/c1-4-21-20(23-13-16-27-15-11-17(2)3)22-12-8-10-19-25-24-18-9-6-5-7-14-26(18)19;/h17H,4-16H2,1-3H3,(H2,21,22,23);1H. The number of aromatic nitrogens is 3. The molecule has 0 aromatic carbocycles. The minimum Gasteiger partial charge on any atom is -0.380 e. The van der Waals surface area contributed by atoms with Crippen LogP contribution in [0.5, 0.6) is 0 Å². The molecule has 162 valence electrons. The van der Waals surface area contributed by atoms with Crippen molar-refractivity contribution >= 4 is 29.9 Å². The molecule has 2 N–H and O–H groups in total. The van der Waals surface area contributed by atoms with Crippen LogP contribution < -0.4 is 10.6 Å². The number of fused-ring (bicyclic) bond motifs is 1. The molecule has 0 amide bonds. The molecule has 0 saturated carbocycles. The maximum absolute atomic E-state index is 5.65. The first-order valence-electron chi connectivity index (χ1n) is 10.7. The number of guanidine groups is 1. The molecule has 0 saturated heterocycles. The van der Waals surface area contributed by atoms with Gasteiger partial charge in [0, 0.05) is 45.6 Å². The van der Waals surface area contributed by atoms with Crippen molar-refractivity contribution in [2.24, 2.45) is 10.9 Å². The van der Waals surface area contributed by atoms with Crippen LogP contribution in [0.1, 0.15) is 64.5 Å². The normalized spacial score (nSPS) is 14.4. The lowest BCUT2D eigenvalue weighted by Gasteiger charge is -2.12. The molecule has 0 bridgehead atoms. The molecule has 0 atom stereocenters. The molecule has 1 aliphatic heterocycles. The summed E-state index contributed by atoms with van der Waals surface area (Å²) in [5.41, 5.74) is 0. The number of hydrogen-bond acceptors (Lipinski definition) is 4. The molecule has 0 fully saturated rings. The Hall–Kier alpha value is -0.900. The van der Waals surface area contributed by atoms with Gasteiger partial charge in [0.25, 0.3) is 0 Å². The van der Waals surface area contributed by atoms with E-state index in [0.717, 1.165) is 70.3 Å². The summed E-state index contributed by atoms with van der Waals surface area (Å²) in [5.74, 6) is 3.85. The van der Waals surface area contributed by atoms with E-state index in [1.54, 1.807) is 0 Å². The Morgan fingerprint density at radius 3 is 2.82 bits per heavy atom. The van der Waals surface area contributed by atoms with Gasteiger partial charge in [-0.25, -0.2) is 0 Å². The van der Waals surface area contributed by atoms with Gasteiger partial charge in [-0.2, -0.15) is 0 Å². The van der Waals surface area contributed by atoms with Gasteiger partial charge in [0.2, 0.25) is 0 Å². The van der Waals surface area contributed by atoms with E-state index >= 15 is 0 Å². The van der Waals surface area contributed by atoms with Crippen molar-refractivity contribution in [2.75, 3.05) is 32.8 Å². The second-order valence-corrected chi connectivity index (χ2v) is 7.58. The van der Waals surface area contributed by atoms with Gasteiger partial charge >= 0.3 is 0 Å². The highest BCUT2D eigenvalue weighted by atomic mass is 127. The smallest absolute Gasteiger partial charge is 0.191 e. The summed E-state index contributed by atoms with van der Waals surface area (Å²) in [5, 5.41) is 15.4. The Labute approximate surface area is 187 Å². The summed E-state index contributed by atoms with van der Waals surface area (Å²) in [7, 11) is 0. The number of rotatable bonds is 11. The lowest BCUT2D eigenvalue weighted by molar-refractivity contribution is 0.128. The molecule has 28 heavy (non-hydrogen) atoms. The zero-order valence-corrected chi connectivity index (χ0v) is 20.2. The minimum absolute atomic E-state index is 0. The van der Waals surface area contributed by atoms with Crippen molar-refractivity contribution < 1.29 is 4.74 Å². The Balaban J connectivity index is 0.00000392. The summed E-state index contributed by atoms with van der Waals surface area (Å²) >= 11 is 0. The number of hydrogen-bond donors (Lipinski definition) is 2. The second kappa shape index (κ2) is 15.0. The van der Waals surface area contributed by atoms with Gasteiger partial charge in [-0.1, -0.05) is 20.3 Å². The Bertz CT molecular complexity index is 561. The fourth-order valence-electron chi connectivity index (χ4n) is 3.16. The van der Waals surface area contributed by atoms with Crippen molar-refractivity contribution in [1.82, 2.24) is 25.4 Å². The Kier molecular flexibility index (Phi) is 13.5. The van der Waals surface area contributed by atoms with E-state index in [2.05, 4.69) is 51.2 Å². The topological polar surface area (TPSA) is 76.4 Å². The van der Waals surface area contributed by atoms with Crippen LogP contribution in [0.3, 0.4) is 0 Å². The van der Waals surface area contributed by atoms with Crippen molar-refractivity contribution in [1.29, 1.82) is 0 Å². The average Bonchev–Trinajstić information content (AvgIpc) is 2.87. The summed E-state index contributed by atoms with van der Waals surface area (Å²) in [6.07, 6.45) is 7.88. The maximum Gasteiger partial charge on any atom is 0.191 e. The van der Waals surface area contributed by atoms with E-state index in [-0.39, 0.29) is 24.0 Å². The van der Waals surface area contributed by atoms with Crippen LogP contribution in [0.2, 0.25) is 0 Å². The van der Waals surface area contributed by atoms with Gasteiger partial charge in [-0.05, 0) is 38.5 Å². The lowest BCUT2D eigenvalue weighted by Crippen LogP contribution is -2.39. The molecule has 1 aliphatic rings. The molecule has 0 spiro atoms. The molecule has 1 aromatic rings. The largest absolute Gasteiger partial charge is 0.380 e. The third kappa shape index (κ3) is 9.54. The minimum atomic E-state index is 0. The van der Waals surface area contributed by atoms with Gasteiger partial charge in [0.15, 0.2) is 5.96 Å². The molecular weight excluding hydrogens is 467 g/mol. The lowest BCUT2D eigenvalue weighted by atomic mass is 10.1. The van der Waals surface area contributed by atoms with Gasteiger partial charge < -0.3 is 19.9 Å². The summed E-state index contributed by atoms with van der Waals surface area (Å²) in [6, 6.07) is 0. The van der Waals surface area contributed by atoms with Gasteiger partial charge in [0.1, 0.15) is 11.6 Å². The number of nitrogens with zero attached hydrogens (tertiary/aromatic N) is 4. The maximum atomic E-state index is 5.65. The fraction of sp³-hybridized carbons (Fsp3) is 0.850. The SMILES string of the molecule is CCNC(=NCCCc1nnc2n1CCCCC2)NCCOCCC(C)C.I. The number of ether oxygens (including phenoxy) is 1. The summed E-state index contributed by atoms with van der Waals surface area (Å²) < 4.78 is 7.98. The highest BCUT2D eigenvalue weighted by Crippen LogP contribution is 2.15. The molecule has 0 aliphatic carbocycles. The van der Waals surface area contributed by atoms with Crippen LogP contribution in [0.15, 0.2) is 4.99 Å². The predicted octanol–water partition coefficient (Wildman–Crippen LogP) is 3.17. The number of aryl methyl sites for hydroxylation is 2. The van der Waals surface area contributed by atoms with Crippen molar-refractivity contribution in [3.8, 4) is 0 Å². The van der Waals surface area contributed by atoms with E-state index < -0.39 is 0 Å². The molecule has 2 rings (SSSR count). The first-order valence-corrected chi connectivity index (χ1v) is 10.7. The van der Waals surface area contributed by atoms with E-state index in [4.69, 9.17) is 4.74 Å². The zero-order chi connectivity index (χ0) is 19.3. The van der Waals surface area contributed by atoms with Gasteiger partial charge in [-0.3, -0.25) is 4.99 Å². The Morgan fingerprint density at radius 1 is 1.18 bits per heavy atom. The molecule has 0 unspecified atom stereocenters. The van der Waals surface area contributed by atoms with Crippen LogP contribution in [0.25, 0.3) is 0 Å². The second-order valence-electron chi connectivity index (χ2n) is 7.58. The first kappa shape index (κ1) is 25.1. The van der Waals surface area contributed by atoms with Gasteiger partial charge in [0.05, 0.1) is 6.61 Å². The van der Waals surface area contributed by atoms with Crippen LogP contribution in [-0.2, 0) is 24.1 Å². The number of nitrogens with one attached hydrogen (secondary N) is 2. The highest BCUT2D eigenvalue weighted by Gasteiger charge is 2.13. The van der Waals surface area contributed by atoms with Crippen molar-refractivity contribution in [3.63, 3.8) is 0 Å². The van der Waals surface area contributed by atoms with Crippen molar-refractivity contribution in [2.45, 2.75) is 72.3 Å². The monoisotopic (exact) mass is 506 g/mol. The Morgan fingerprint density at radius 2 is 2.04 bits per heavy atom. The van der Waals surface area contributed by atoms with Crippen LogP contribution in [-0.4, -0.2) is 53.6 Å². The number of halogens is 1. The molecule has 2 heterocycles. The van der Waals surface area contributed by atoms with Crippen LogP contribution in [0, 0.1) is 5.92 Å². The molecule has 8 heteroatoms. The average molecular weight is 506 g/mol. The van der Waals surface area contributed by atoms with Crippen molar-refractivity contribution in [3.05, 3.63) is 11.6 Å². The molecular formula is C20H39IN6O.